The molecule has 0 saturated carbocycles. The third-order valence-electron chi connectivity index (χ3n) is 4.84. The van der Waals surface area contributed by atoms with Crippen LogP contribution in [-0.2, 0) is 10.0 Å². The molecule has 2 aromatic rings. The minimum atomic E-state index is -3.50. The Bertz CT molecular complexity index is 896. The summed E-state index contributed by atoms with van der Waals surface area (Å²) in [5, 5.41) is 3.30. The molecule has 2 aromatic carbocycles. The van der Waals surface area contributed by atoms with Gasteiger partial charge in [0.25, 0.3) is 0 Å². The summed E-state index contributed by atoms with van der Waals surface area (Å²) >= 11 is 0. The van der Waals surface area contributed by atoms with E-state index >= 15 is 0 Å². The van der Waals surface area contributed by atoms with Gasteiger partial charge in [-0.1, -0.05) is 36.4 Å². The van der Waals surface area contributed by atoms with E-state index in [4.69, 9.17) is 4.74 Å². The molecule has 0 radical (unpaired) electrons. The Kier molecular flexibility index (Phi) is 8.10. The third-order valence-corrected chi connectivity index (χ3v) is 6.32. The molecule has 8 heteroatoms. The highest BCUT2D eigenvalue weighted by molar-refractivity contribution is 7.89. The van der Waals surface area contributed by atoms with Crippen LogP contribution in [0.4, 0.5) is 0 Å². The van der Waals surface area contributed by atoms with E-state index in [0.717, 1.165) is 44.2 Å². The number of sulfonamides is 1. The molecule has 1 saturated heterocycles. The van der Waals surface area contributed by atoms with Crippen molar-refractivity contribution in [1.29, 1.82) is 0 Å². The first-order chi connectivity index (χ1) is 14.6. The summed E-state index contributed by atoms with van der Waals surface area (Å²) in [5.74, 6) is 1.72. The van der Waals surface area contributed by atoms with Crippen LogP contribution in [0.25, 0.3) is 0 Å². The fraction of sp³-hybridized carbons (Fsp3) is 0.409. The van der Waals surface area contributed by atoms with Gasteiger partial charge in [0.15, 0.2) is 5.96 Å². The minimum Gasteiger partial charge on any atom is -0.490 e. The summed E-state index contributed by atoms with van der Waals surface area (Å²) in [4.78, 5) is 7.08. The maximum absolute atomic E-state index is 12.3. The number of hydrogen-bond acceptors (Lipinski definition) is 4. The standard InChI is InChI=1S/C22H30N4O3S/c1-2-23-22(24-15-16-25-30(27,28)21-11-7-4-8-12-21)26-17-13-20(14-18-26)29-19-9-5-3-6-10-19/h3-12,20,25H,2,13-18H2,1H3,(H,23,24). The van der Waals surface area contributed by atoms with Crippen LogP contribution in [0.5, 0.6) is 5.75 Å². The number of aliphatic imine (C=N–C) groups is 1. The van der Waals surface area contributed by atoms with E-state index in [2.05, 4.69) is 19.9 Å². The zero-order valence-electron chi connectivity index (χ0n) is 17.3. The molecular formula is C22H30N4O3S. The quantitative estimate of drug-likeness (QED) is 0.382. The number of piperidine rings is 1. The molecule has 162 valence electrons. The molecule has 7 nitrogen and oxygen atoms in total. The molecule has 0 atom stereocenters. The Morgan fingerprint density at radius 2 is 1.70 bits per heavy atom. The Morgan fingerprint density at radius 1 is 1.07 bits per heavy atom. The number of benzene rings is 2. The lowest BCUT2D eigenvalue weighted by Gasteiger charge is -2.34. The van der Waals surface area contributed by atoms with Gasteiger partial charge in [0, 0.05) is 39.0 Å². The highest BCUT2D eigenvalue weighted by Crippen LogP contribution is 2.18. The molecule has 1 heterocycles. The third kappa shape index (κ3) is 6.47. The van der Waals surface area contributed by atoms with Crippen molar-refractivity contribution in [2.45, 2.75) is 30.8 Å². The Balaban J connectivity index is 1.49. The van der Waals surface area contributed by atoms with Crippen molar-refractivity contribution in [3.05, 3.63) is 60.7 Å². The first-order valence-electron chi connectivity index (χ1n) is 10.4. The number of nitrogens with one attached hydrogen (secondary N) is 2. The van der Waals surface area contributed by atoms with Crippen LogP contribution in [0.1, 0.15) is 19.8 Å². The maximum atomic E-state index is 12.3. The van der Waals surface area contributed by atoms with Crippen LogP contribution in [-0.4, -0.2) is 58.1 Å². The van der Waals surface area contributed by atoms with Gasteiger partial charge in [-0.3, -0.25) is 4.99 Å². The number of nitrogens with zero attached hydrogens (tertiary/aromatic N) is 2. The second kappa shape index (κ2) is 11.0. The zero-order chi connectivity index (χ0) is 21.2. The van der Waals surface area contributed by atoms with Gasteiger partial charge in [-0.2, -0.15) is 0 Å². The lowest BCUT2D eigenvalue weighted by Crippen LogP contribution is -2.47. The van der Waals surface area contributed by atoms with E-state index in [0.29, 0.717) is 6.54 Å². The van der Waals surface area contributed by atoms with Crippen molar-refractivity contribution in [2.75, 3.05) is 32.7 Å². The monoisotopic (exact) mass is 430 g/mol. The van der Waals surface area contributed by atoms with Crippen LogP contribution in [0.15, 0.2) is 70.6 Å². The van der Waals surface area contributed by atoms with Gasteiger partial charge >= 0.3 is 0 Å². The van der Waals surface area contributed by atoms with Gasteiger partial charge < -0.3 is 15.0 Å². The van der Waals surface area contributed by atoms with Gasteiger partial charge in [-0.25, -0.2) is 13.1 Å². The molecule has 0 amide bonds. The van der Waals surface area contributed by atoms with Gasteiger partial charge in [-0.15, -0.1) is 0 Å². The molecule has 1 aliphatic heterocycles. The fourth-order valence-corrected chi connectivity index (χ4v) is 4.37. The van der Waals surface area contributed by atoms with Crippen LogP contribution in [0, 0.1) is 0 Å². The van der Waals surface area contributed by atoms with E-state index in [9.17, 15) is 8.42 Å². The normalized spacial score (nSPS) is 15.8. The second-order valence-electron chi connectivity index (χ2n) is 7.06. The highest BCUT2D eigenvalue weighted by Gasteiger charge is 2.22. The SMILES string of the molecule is CCNC(=NCCNS(=O)(=O)c1ccccc1)N1CCC(Oc2ccccc2)CC1. The predicted octanol–water partition coefficient (Wildman–Crippen LogP) is 2.47. The molecule has 0 aromatic heterocycles. The summed E-state index contributed by atoms with van der Waals surface area (Å²) in [6.45, 7) is 5.10. The van der Waals surface area contributed by atoms with Crippen LogP contribution >= 0.6 is 0 Å². The highest BCUT2D eigenvalue weighted by atomic mass is 32.2. The molecule has 3 rings (SSSR count). The van der Waals surface area contributed by atoms with Gasteiger partial charge in [0.05, 0.1) is 11.4 Å². The van der Waals surface area contributed by atoms with Crippen molar-refractivity contribution in [1.82, 2.24) is 14.9 Å². The summed E-state index contributed by atoms with van der Waals surface area (Å²) in [6.07, 6.45) is 2.03. The largest absolute Gasteiger partial charge is 0.490 e. The maximum Gasteiger partial charge on any atom is 0.240 e. The lowest BCUT2D eigenvalue weighted by atomic mass is 10.1. The van der Waals surface area contributed by atoms with E-state index < -0.39 is 10.0 Å². The number of ether oxygens (including phenoxy) is 1. The molecule has 0 spiro atoms. The Labute approximate surface area is 179 Å². The molecule has 0 aliphatic carbocycles. The van der Waals surface area contributed by atoms with Crippen molar-refractivity contribution in [2.24, 2.45) is 4.99 Å². The average molecular weight is 431 g/mol. The van der Waals surface area contributed by atoms with Crippen LogP contribution in [0.3, 0.4) is 0 Å². The van der Waals surface area contributed by atoms with Crippen molar-refractivity contribution in [3.63, 3.8) is 0 Å². The zero-order valence-corrected chi connectivity index (χ0v) is 18.1. The lowest BCUT2D eigenvalue weighted by molar-refractivity contribution is 0.129. The van der Waals surface area contributed by atoms with Crippen LogP contribution in [0.2, 0.25) is 0 Å². The van der Waals surface area contributed by atoms with Gasteiger partial charge in [-0.05, 0) is 31.2 Å². The van der Waals surface area contributed by atoms with E-state index in [1.807, 2.05) is 37.3 Å². The van der Waals surface area contributed by atoms with E-state index in [1.165, 1.54) is 0 Å². The Hall–Kier alpha value is -2.58. The van der Waals surface area contributed by atoms with Crippen molar-refractivity contribution >= 4 is 16.0 Å². The molecule has 0 bridgehead atoms. The first kappa shape index (κ1) is 22.1. The van der Waals surface area contributed by atoms with E-state index in [1.54, 1.807) is 30.3 Å². The van der Waals surface area contributed by atoms with Crippen molar-refractivity contribution < 1.29 is 13.2 Å². The van der Waals surface area contributed by atoms with Crippen LogP contribution < -0.4 is 14.8 Å². The van der Waals surface area contributed by atoms with Gasteiger partial charge in [0.1, 0.15) is 11.9 Å². The summed E-state index contributed by atoms with van der Waals surface area (Å²) in [6, 6.07) is 18.3. The minimum absolute atomic E-state index is 0.198. The number of rotatable bonds is 8. The molecular weight excluding hydrogens is 400 g/mol. The molecule has 2 N–H and O–H groups in total. The second-order valence-corrected chi connectivity index (χ2v) is 8.83. The Morgan fingerprint density at radius 3 is 2.33 bits per heavy atom. The molecule has 1 fully saturated rings. The molecule has 0 unspecified atom stereocenters. The number of hydrogen-bond donors (Lipinski definition) is 2. The molecule has 1 aliphatic rings. The first-order valence-corrected chi connectivity index (χ1v) is 11.9. The number of guanidine groups is 1. The summed E-state index contributed by atoms with van der Waals surface area (Å²) in [5.41, 5.74) is 0. The number of likely N-dealkylation sites (tertiary alicyclic amines) is 1. The molecule has 30 heavy (non-hydrogen) atoms. The topological polar surface area (TPSA) is 83.0 Å². The van der Waals surface area contributed by atoms with E-state index in [-0.39, 0.29) is 17.5 Å². The summed E-state index contributed by atoms with van der Waals surface area (Å²) in [7, 11) is -3.50. The fourth-order valence-electron chi connectivity index (χ4n) is 3.33. The summed E-state index contributed by atoms with van der Waals surface area (Å²) < 4.78 is 33.2. The predicted molar refractivity (Wildman–Crippen MR) is 119 cm³/mol. The van der Waals surface area contributed by atoms with Crippen molar-refractivity contribution in [3.8, 4) is 5.75 Å². The number of para-hydroxylation sites is 1. The average Bonchev–Trinajstić information content (AvgIpc) is 2.78. The van der Waals surface area contributed by atoms with Gasteiger partial charge in [0.2, 0.25) is 10.0 Å². The smallest absolute Gasteiger partial charge is 0.240 e.